The quantitative estimate of drug-likeness (QED) is 0.749. The first kappa shape index (κ1) is 10.1. The van der Waals surface area contributed by atoms with Gasteiger partial charge in [0.25, 0.3) is 0 Å². The monoisotopic (exact) mass is 196 g/mol. The fourth-order valence-corrected chi connectivity index (χ4v) is 1.06. The van der Waals surface area contributed by atoms with Crippen molar-refractivity contribution < 1.29 is 9.53 Å². The Bertz CT molecular complexity index is 279. The molecule has 0 bridgehead atoms. The summed E-state index contributed by atoms with van der Waals surface area (Å²) in [6, 6.07) is 6.97. The third kappa shape index (κ3) is 3.11. The zero-order valence-corrected chi connectivity index (χ0v) is 8.38. The molecule has 0 aromatic heterocycles. The van der Waals surface area contributed by atoms with Crippen LogP contribution in [0.15, 0.2) is 24.3 Å². The number of carbonyl (C=O) groups excluding carboxylic acids is 1. The first-order chi connectivity index (χ1) is 6.24. The van der Waals surface area contributed by atoms with E-state index in [1.807, 2.05) is 6.92 Å². The molecule has 0 saturated heterocycles. The van der Waals surface area contributed by atoms with Gasteiger partial charge in [-0.15, -0.1) is 12.6 Å². The van der Waals surface area contributed by atoms with E-state index >= 15 is 0 Å². The minimum atomic E-state index is -0.220. The van der Waals surface area contributed by atoms with Crippen LogP contribution in [0.25, 0.3) is 0 Å². The number of ether oxygens (including phenoxy) is 1. The first-order valence-corrected chi connectivity index (χ1v) is 4.65. The number of benzene rings is 1. The number of hydrogen-bond acceptors (Lipinski definition) is 2. The van der Waals surface area contributed by atoms with Crippen LogP contribution in [0.1, 0.15) is 23.7 Å². The van der Waals surface area contributed by atoms with Crippen LogP contribution in [0.5, 0.6) is 5.75 Å². The van der Waals surface area contributed by atoms with Crippen LogP contribution in [0.4, 0.5) is 0 Å². The molecule has 0 radical (unpaired) electrons. The van der Waals surface area contributed by atoms with Crippen molar-refractivity contribution in [2.24, 2.45) is 0 Å². The highest BCUT2D eigenvalue weighted by molar-refractivity contribution is 7.97. The molecule has 0 fully saturated rings. The molecule has 0 amide bonds. The zero-order chi connectivity index (χ0) is 9.68. The van der Waals surface area contributed by atoms with E-state index in [1.165, 1.54) is 0 Å². The molecule has 0 heterocycles. The lowest BCUT2D eigenvalue weighted by Crippen LogP contribution is -1.95. The highest BCUT2D eigenvalue weighted by atomic mass is 32.1. The second-order valence-corrected chi connectivity index (χ2v) is 3.08. The van der Waals surface area contributed by atoms with Crippen LogP contribution in [-0.4, -0.2) is 11.7 Å². The maximum atomic E-state index is 10.8. The van der Waals surface area contributed by atoms with E-state index < -0.39 is 0 Å². The van der Waals surface area contributed by atoms with Gasteiger partial charge in [0.2, 0.25) is 5.12 Å². The predicted octanol–water partition coefficient (Wildman–Crippen LogP) is 2.55. The molecule has 0 spiro atoms. The standard InChI is InChI=1S/C10H12O2S/c1-2-7-12-9-5-3-8(4-6-9)10(11)13/h3-6H,2,7H2,1H3,(H,11,13). The van der Waals surface area contributed by atoms with Crippen LogP contribution >= 0.6 is 12.6 Å². The fourth-order valence-electron chi connectivity index (χ4n) is 0.914. The van der Waals surface area contributed by atoms with E-state index in [4.69, 9.17) is 4.74 Å². The summed E-state index contributed by atoms with van der Waals surface area (Å²) >= 11 is 3.71. The Morgan fingerprint density at radius 3 is 2.46 bits per heavy atom. The number of thiol groups is 1. The van der Waals surface area contributed by atoms with Gasteiger partial charge in [-0.05, 0) is 30.7 Å². The summed E-state index contributed by atoms with van der Waals surface area (Å²) in [6.07, 6.45) is 0.979. The molecule has 70 valence electrons. The Morgan fingerprint density at radius 2 is 2.00 bits per heavy atom. The van der Waals surface area contributed by atoms with Gasteiger partial charge in [0, 0.05) is 5.56 Å². The second-order valence-electron chi connectivity index (χ2n) is 2.68. The summed E-state index contributed by atoms with van der Waals surface area (Å²) in [6.45, 7) is 2.75. The SMILES string of the molecule is CCCOc1ccc(C(=O)S)cc1. The van der Waals surface area contributed by atoms with E-state index in [0.29, 0.717) is 12.2 Å². The van der Waals surface area contributed by atoms with Gasteiger partial charge in [-0.2, -0.15) is 0 Å². The van der Waals surface area contributed by atoms with Crippen molar-refractivity contribution in [2.75, 3.05) is 6.61 Å². The van der Waals surface area contributed by atoms with Crippen molar-refractivity contribution in [3.05, 3.63) is 29.8 Å². The number of rotatable bonds is 4. The minimum absolute atomic E-state index is 0.220. The van der Waals surface area contributed by atoms with Crippen molar-refractivity contribution in [2.45, 2.75) is 13.3 Å². The average molecular weight is 196 g/mol. The lowest BCUT2D eigenvalue weighted by molar-refractivity contribution is 0.109. The van der Waals surface area contributed by atoms with Gasteiger partial charge >= 0.3 is 0 Å². The summed E-state index contributed by atoms with van der Waals surface area (Å²) < 4.78 is 5.35. The van der Waals surface area contributed by atoms with Gasteiger partial charge in [-0.3, -0.25) is 4.79 Å². The Hall–Kier alpha value is -0.960. The highest BCUT2D eigenvalue weighted by Crippen LogP contribution is 2.13. The van der Waals surface area contributed by atoms with Crippen molar-refractivity contribution in [3.8, 4) is 5.75 Å². The smallest absolute Gasteiger partial charge is 0.216 e. The first-order valence-electron chi connectivity index (χ1n) is 4.20. The normalized spacial score (nSPS) is 9.69. The fraction of sp³-hybridized carbons (Fsp3) is 0.300. The van der Waals surface area contributed by atoms with Crippen molar-refractivity contribution in [3.63, 3.8) is 0 Å². The molecular weight excluding hydrogens is 184 g/mol. The molecule has 0 aliphatic rings. The van der Waals surface area contributed by atoms with Gasteiger partial charge in [0.1, 0.15) is 5.75 Å². The Labute approximate surface area is 83.3 Å². The van der Waals surface area contributed by atoms with Gasteiger partial charge < -0.3 is 4.74 Å². The summed E-state index contributed by atoms with van der Waals surface area (Å²) in [5, 5.41) is -0.220. The topological polar surface area (TPSA) is 26.3 Å². The molecule has 2 nitrogen and oxygen atoms in total. The zero-order valence-electron chi connectivity index (χ0n) is 7.49. The van der Waals surface area contributed by atoms with Gasteiger partial charge in [0.05, 0.1) is 6.61 Å². The van der Waals surface area contributed by atoms with E-state index in [1.54, 1.807) is 24.3 Å². The van der Waals surface area contributed by atoms with Crippen LogP contribution in [0.2, 0.25) is 0 Å². The minimum Gasteiger partial charge on any atom is -0.494 e. The van der Waals surface area contributed by atoms with Crippen molar-refractivity contribution in [1.82, 2.24) is 0 Å². The summed E-state index contributed by atoms with van der Waals surface area (Å²) in [5.74, 6) is 0.792. The molecule has 1 rings (SSSR count). The van der Waals surface area contributed by atoms with Gasteiger partial charge in [-0.1, -0.05) is 6.92 Å². The largest absolute Gasteiger partial charge is 0.494 e. The third-order valence-corrected chi connectivity index (χ3v) is 1.83. The maximum absolute atomic E-state index is 10.8. The molecular formula is C10H12O2S. The molecule has 0 unspecified atom stereocenters. The molecule has 0 saturated carbocycles. The molecule has 0 aliphatic carbocycles. The van der Waals surface area contributed by atoms with E-state index in [2.05, 4.69) is 12.6 Å². The molecule has 13 heavy (non-hydrogen) atoms. The van der Waals surface area contributed by atoms with Crippen LogP contribution in [0.3, 0.4) is 0 Å². The van der Waals surface area contributed by atoms with Gasteiger partial charge in [0.15, 0.2) is 0 Å². The van der Waals surface area contributed by atoms with Crippen LogP contribution in [0, 0.1) is 0 Å². The average Bonchev–Trinajstić information content (AvgIpc) is 2.15. The molecule has 3 heteroatoms. The van der Waals surface area contributed by atoms with E-state index in [0.717, 1.165) is 12.2 Å². The third-order valence-electron chi connectivity index (χ3n) is 1.57. The Morgan fingerprint density at radius 1 is 1.38 bits per heavy atom. The Kier molecular flexibility index (Phi) is 3.83. The Balaban J connectivity index is 2.64. The lowest BCUT2D eigenvalue weighted by atomic mass is 10.2. The van der Waals surface area contributed by atoms with Crippen molar-refractivity contribution >= 4 is 17.7 Å². The molecule has 0 N–H and O–H groups in total. The number of hydrogen-bond donors (Lipinski definition) is 1. The summed E-state index contributed by atoms with van der Waals surface area (Å²) in [7, 11) is 0. The van der Waals surface area contributed by atoms with Crippen LogP contribution < -0.4 is 4.74 Å². The van der Waals surface area contributed by atoms with E-state index in [-0.39, 0.29) is 5.12 Å². The summed E-state index contributed by atoms with van der Waals surface area (Å²) in [4.78, 5) is 10.8. The molecule has 0 atom stereocenters. The lowest BCUT2D eigenvalue weighted by Gasteiger charge is -2.03. The maximum Gasteiger partial charge on any atom is 0.216 e. The number of carbonyl (C=O) groups is 1. The second kappa shape index (κ2) is 4.92. The molecule has 1 aromatic carbocycles. The van der Waals surface area contributed by atoms with Crippen LogP contribution in [-0.2, 0) is 0 Å². The molecule has 0 aliphatic heterocycles. The van der Waals surface area contributed by atoms with Crippen molar-refractivity contribution in [1.29, 1.82) is 0 Å². The summed E-state index contributed by atoms with van der Waals surface area (Å²) in [5.41, 5.74) is 0.590. The predicted molar refractivity (Wildman–Crippen MR) is 55.5 cm³/mol. The molecule has 1 aromatic rings. The van der Waals surface area contributed by atoms with E-state index in [9.17, 15) is 4.79 Å². The highest BCUT2D eigenvalue weighted by Gasteiger charge is 1.99. The van der Waals surface area contributed by atoms with Gasteiger partial charge in [-0.25, -0.2) is 0 Å².